The molecule has 0 saturated carbocycles. The zero-order valence-corrected chi connectivity index (χ0v) is 14.2. The summed E-state index contributed by atoms with van der Waals surface area (Å²) >= 11 is 2.17. The van der Waals surface area contributed by atoms with Crippen LogP contribution in [0.25, 0.3) is 0 Å². The normalized spacial score (nSPS) is 26.0. The first-order valence-corrected chi connectivity index (χ1v) is 8.66. The first-order chi connectivity index (χ1) is 10.1. The maximum atomic E-state index is 12.7. The monoisotopic (exact) mass is 400 g/mol. The molecule has 2 fully saturated rings. The van der Waals surface area contributed by atoms with E-state index in [4.69, 9.17) is 0 Å². The Morgan fingerprint density at radius 1 is 1.33 bits per heavy atom. The largest absolute Gasteiger partial charge is 0.507 e. The number of carbonyl (C=O) groups is 1. The van der Waals surface area contributed by atoms with E-state index < -0.39 is 0 Å². The molecule has 0 bridgehead atoms. The van der Waals surface area contributed by atoms with Crippen LogP contribution in [0.3, 0.4) is 0 Å². The minimum Gasteiger partial charge on any atom is -0.507 e. The molecule has 1 amide bonds. The molecule has 4 nitrogen and oxygen atoms in total. The van der Waals surface area contributed by atoms with Crippen molar-refractivity contribution >= 4 is 28.5 Å². The van der Waals surface area contributed by atoms with Crippen LogP contribution in [0.2, 0.25) is 0 Å². The number of piperidine rings is 2. The van der Waals surface area contributed by atoms with Crippen molar-refractivity contribution in [2.45, 2.75) is 25.7 Å². The average molecular weight is 400 g/mol. The summed E-state index contributed by atoms with van der Waals surface area (Å²) in [5.74, 6) is 0.0532. The topological polar surface area (TPSA) is 52.6 Å². The van der Waals surface area contributed by atoms with Gasteiger partial charge in [0.25, 0.3) is 5.91 Å². The standard InChI is InChI=1S/C16H21IN2O2/c17-12-3-4-14(20)13(9-12)15(21)19-8-2-6-16(11-19)5-1-7-18-10-16/h3-4,9,18,20H,1-2,5-8,10-11H2. The number of hydrogen-bond acceptors (Lipinski definition) is 3. The molecule has 3 rings (SSSR count). The summed E-state index contributed by atoms with van der Waals surface area (Å²) in [7, 11) is 0. The molecular weight excluding hydrogens is 379 g/mol. The van der Waals surface area contributed by atoms with E-state index in [-0.39, 0.29) is 17.1 Å². The Balaban J connectivity index is 1.79. The number of amides is 1. The molecule has 1 unspecified atom stereocenters. The van der Waals surface area contributed by atoms with Crippen molar-refractivity contribution in [2.24, 2.45) is 5.41 Å². The lowest BCUT2D eigenvalue weighted by molar-refractivity contribution is 0.0431. The van der Waals surface area contributed by atoms with E-state index in [1.807, 2.05) is 11.0 Å². The van der Waals surface area contributed by atoms with Gasteiger partial charge in [-0.25, -0.2) is 0 Å². The van der Waals surface area contributed by atoms with E-state index >= 15 is 0 Å². The number of benzene rings is 1. The van der Waals surface area contributed by atoms with E-state index in [0.717, 1.165) is 36.2 Å². The summed E-state index contributed by atoms with van der Waals surface area (Å²) in [6.45, 7) is 3.71. The quantitative estimate of drug-likeness (QED) is 0.713. The summed E-state index contributed by atoms with van der Waals surface area (Å²) in [6.07, 6.45) is 4.64. The van der Waals surface area contributed by atoms with Crippen LogP contribution >= 0.6 is 22.6 Å². The Labute approximate surface area is 139 Å². The predicted molar refractivity (Wildman–Crippen MR) is 90.5 cm³/mol. The van der Waals surface area contributed by atoms with Crippen LogP contribution in [-0.2, 0) is 0 Å². The van der Waals surface area contributed by atoms with Crippen LogP contribution in [-0.4, -0.2) is 42.1 Å². The van der Waals surface area contributed by atoms with Crippen molar-refractivity contribution in [3.63, 3.8) is 0 Å². The molecule has 0 aromatic heterocycles. The zero-order chi connectivity index (χ0) is 14.9. The van der Waals surface area contributed by atoms with Gasteiger partial charge in [-0.3, -0.25) is 4.79 Å². The minimum atomic E-state index is -0.0318. The van der Waals surface area contributed by atoms with Crippen molar-refractivity contribution < 1.29 is 9.90 Å². The highest BCUT2D eigenvalue weighted by Gasteiger charge is 2.38. The van der Waals surface area contributed by atoms with Gasteiger partial charge in [-0.2, -0.15) is 0 Å². The summed E-state index contributed by atoms with van der Waals surface area (Å²) in [4.78, 5) is 14.7. The molecule has 2 heterocycles. The molecule has 2 aliphatic heterocycles. The van der Waals surface area contributed by atoms with Gasteiger partial charge < -0.3 is 15.3 Å². The van der Waals surface area contributed by atoms with Crippen LogP contribution in [0.1, 0.15) is 36.0 Å². The number of halogens is 1. The van der Waals surface area contributed by atoms with Gasteiger partial charge in [-0.1, -0.05) is 0 Å². The number of likely N-dealkylation sites (tertiary alicyclic amines) is 1. The van der Waals surface area contributed by atoms with Gasteiger partial charge in [-0.05, 0) is 73.0 Å². The van der Waals surface area contributed by atoms with E-state index in [9.17, 15) is 9.90 Å². The van der Waals surface area contributed by atoms with Crippen molar-refractivity contribution in [3.05, 3.63) is 27.3 Å². The summed E-state index contributed by atoms with van der Waals surface area (Å²) in [5.41, 5.74) is 0.673. The summed E-state index contributed by atoms with van der Waals surface area (Å²) in [6, 6.07) is 5.20. The molecule has 1 aromatic carbocycles. The molecule has 5 heteroatoms. The third-order valence-electron chi connectivity index (χ3n) is 4.70. The molecule has 2 saturated heterocycles. The van der Waals surface area contributed by atoms with E-state index in [0.29, 0.717) is 5.56 Å². The Morgan fingerprint density at radius 3 is 2.90 bits per heavy atom. The first-order valence-electron chi connectivity index (χ1n) is 7.58. The molecule has 2 N–H and O–H groups in total. The maximum Gasteiger partial charge on any atom is 0.257 e. The molecule has 1 aromatic rings. The third kappa shape index (κ3) is 3.18. The fourth-order valence-corrected chi connectivity index (χ4v) is 4.10. The van der Waals surface area contributed by atoms with Crippen molar-refractivity contribution in [1.29, 1.82) is 0 Å². The fraction of sp³-hybridized carbons (Fsp3) is 0.562. The number of hydrogen-bond donors (Lipinski definition) is 2. The Hall–Kier alpha value is -0.820. The van der Waals surface area contributed by atoms with Crippen LogP contribution in [0.15, 0.2) is 18.2 Å². The van der Waals surface area contributed by atoms with Gasteiger partial charge in [0.1, 0.15) is 5.75 Å². The molecule has 1 spiro atoms. The lowest BCUT2D eigenvalue weighted by Crippen LogP contribution is -2.52. The number of nitrogens with one attached hydrogen (secondary N) is 1. The van der Waals surface area contributed by atoms with Crippen molar-refractivity contribution in [1.82, 2.24) is 10.2 Å². The molecule has 0 aliphatic carbocycles. The highest BCUT2D eigenvalue weighted by molar-refractivity contribution is 14.1. The number of aromatic hydroxyl groups is 1. The van der Waals surface area contributed by atoms with Crippen molar-refractivity contribution in [3.8, 4) is 5.75 Å². The number of nitrogens with zero attached hydrogens (tertiary/aromatic N) is 1. The van der Waals surface area contributed by atoms with Gasteiger partial charge in [0.2, 0.25) is 0 Å². The smallest absolute Gasteiger partial charge is 0.257 e. The Kier molecular flexibility index (Phi) is 4.40. The van der Waals surface area contributed by atoms with Gasteiger partial charge in [0.15, 0.2) is 0 Å². The molecule has 21 heavy (non-hydrogen) atoms. The van der Waals surface area contributed by atoms with Gasteiger partial charge in [0.05, 0.1) is 5.56 Å². The minimum absolute atomic E-state index is 0.0318. The Morgan fingerprint density at radius 2 is 2.14 bits per heavy atom. The lowest BCUT2D eigenvalue weighted by atomic mass is 9.74. The van der Waals surface area contributed by atoms with E-state index in [1.165, 1.54) is 19.3 Å². The second kappa shape index (κ2) is 6.12. The van der Waals surface area contributed by atoms with Crippen LogP contribution in [0, 0.1) is 8.99 Å². The van der Waals surface area contributed by atoms with Gasteiger partial charge >= 0.3 is 0 Å². The van der Waals surface area contributed by atoms with E-state index in [2.05, 4.69) is 27.9 Å². The fourth-order valence-electron chi connectivity index (χ4n) is 3.61. The second-order valence-electron chi connectivity index (χ2n) is 6.27. The number of rotatable bonds is 1. The number of phenolic OH excluding ortho intramolecular Hbond substituents is 1. The highest BCUT2D eigenvalue weighted by atomic mass is 127. The predicted octanol–water partition coefficient (Wildman–Crippen LogP) is 2.60. The van der Waals surface area contributed by atoms with Crippen LogP contribution in [0.4, 0.5) is 0 Å². The average Bonchev–Trinajstić information content (AvgIpc) is 2.50. The SMILES string of the molecule is O=C(c1cc(I)ccc1O)N1CCCC2(CCCNC2)C1. The summed E-state index contributed by atoms with van der Waals surface area (Å²) in [5, 5.41) is 13.5. The summed E-state index contributed by atoms with van der Waals surface area (Å²) < 4.78 is 0.972. The van der Waals surface area contributed by atoms with Crippen LogP contribution in [0.5, 0.6) is 5.75 Å². The molecule has 2 aliphatic rings. The number of carbonyl (C=O) groups excluding carboxylic acids is 1. The van der Waals surface area contributed by atoms with Crippen LogP contribution < -0.4 is 5.32 Å². The first kappa shape index (κ1) is 15.1. The highest BCUT2D eigenvalue weighted by Crippen LogP contribution is 2.36. The molecule has 1 atom stereocenters. The second-order valence-corrected chi connectivity index (χ2v) is 7.52. The van der Waals surface area contributed by atoms with Gasteiger partial charge in [-0.15, -0.1) is 0 Å². The Bertz CT molecular complexity index is 536. The third-order valence-corrected chi connectivity index (χ3v) is 5.37. The van der Waals surface area contributed by atoms with E-state index in [1.54, 1.807) is 12.1 Å². The molecule has 114 valence electrons. The zero-order valence-electron chi connectivity index (χ0n) is 12.1. The molecular formula is C16H21IN2O2. The van der Waals surface area contributed by atoms with Crippen molar-refractivity contribution in [2.75, 3.05) is 26.2 Å². The lowest BCUT2D eigenvalue weighted by Gasteiger charge is -2.45. The maximum absolute atomic E-state index is 12.7. The number of phenols is 1. The molecule has 0 radical (unpaired) electrons. The van der Waals surface area contributed by atoms with Gasteiger partial charge in [0, 0.05) is 28.6 Å².